The minimum Gasteiger partial charge on any atom is -0.486 e. The van der Waals surface area contributed by atoms with Crippen LogP contribution in [0.2, 0.25) is 0 Å². The number of halogens is 3. The molecule has 3 aromatic rings. The molecule has 1 aromatic carbocycles. The first-order chi connectivity index (χ1) is 19.7. The molecule has 0 unspecified atom stereocenters. The van der Waals surface area contributed by atoms with Crippen LogP contribution >= 0.6 is 0 Å². The number of alkyl halides is 3. The first-order valence-electron chi connectivity index (χ1n) is 14.4. The SMILES string of the molecule is Cn1c(COc2cccc(C(F)(F)F)c2)nnc1C1CCC(n2cc(C34CC(OC(=O)NC(C)(C)C)(C3)C4)nn2)CC1. The van der Waals surface area contributed by atoms with Crippen LogP contribution in [0.15, 0.2) is 30.5 Å². The molecule has 0 spiro atoms. The minimum atomic E-state index is -4.43. The molecule has 1 N–H and O–H groups in total. The summed E-state index contributed by atoms with van der Waals surface area (Å²) in [6.45, 7) is 5.81. The molecule has 4 saturated carbocycles. The number of carbonyl (C=O) groups is 1. The number of hydrogen-bond acceptors (Lipinski definition) is 7. The van der Waals surface area contributed by atoms with E-state index in [-0.39, 0.29) is 47.0 Å². The lowest BCUT2D eigenvalue weighted by Crippen LogP contribution is -2.72. The Morgan fingerprint density at radius 1 is 1.07 bits per heavy atom. The first-order valence-corrected chi connectivity index (χ1v) is 14.4. The van der Waals surface area contributed by atoms with E-state index >= 15 is 0 Å². The zero-order valence-electron chi connectivity index (χ0n) is 24.2. The Bertz CT molecular complexity index is 1450. The van der Waals surface area contributed by atoms with Gasteiger partial charge in [-0.1, -0.05) is 11.3 Å². The molecule has 0 aliphatic heterocycles. The van der Waals surface area contributed by atoms with E-state index in [1.165, 1.54) is 12.1 Å². The Balaban J connectivity index is 1.00. The smallest absolute Gasteiger partial charge is 0.416 e. The van der Waals surface area contributed by atoms with Crippen molar-refractivity contribution < 1.29 is 27.4 Å². The van der Waals surface area contributed by atoms with Crippen LogP contribution in [0, 0.1) is 0 Å². The fourth-order valence-electron chi connectivity index (χ4n) is 6.67. The molecule has 0 saturated heterocycles. The van der Waals surface area contributed by atoms with Gasteiger partial charge in [0.2, 0.25) is 0 Å². The summed E-state index contributed by atoms with van der Waals surface area (Å²) in [4.78, 5) is 12.2. The highest BCUT2D eigenvalue weighted by Crippen LogP contribution is 2.69. The number of amides is 1. The summed E-state index contributed by atoms with van der Waals surface area (Å²) in [5.74, 6) is 1.76. The van der Waals surface area contributed by atoms with Crippen LogP contribution < -0.4 is 10.1 Å². The monoisotopic (exact) mass is 587 g/mol. The van der Waals surface area contributed by atoms with Crippen molar-refractivity contribution in [1.29, 1.82) is 0 Å². The van der Waals surface area contributed by atoms with E-state index in [9.17, 15) is 18.0 Å². The molecule has 2 aromatic heterocycles. The normalized spacial score (nSPS) is 27.1. The van der Waals surface area contributed by atoms with Gasteiger partial charge in [0.05, 0.1) is 17.3 Å². The van der Waals surface area contributed by atoms with Gasteiger partial charge in [0.1, 0.15) is 23.8 Å². The van der Waals surface area contributed by atoms with Crippen molar-refractivity contribution in [3.05, 3.63) is 53.4 Å². The lowest BCUT2D eigenvalue weighted by atomic mass is 9.40. The van der Waals surface area contributed by atoms with Crippen LogP contribution in [0.5, 0.6) is 5.75 Å². The highest BCUT2D eigenvalue weighted by Gasteiger charge is 2.72. The number of aromatic nitrogens is 6. The number of ether oxygens (including phenoxy) is 2. The minimum absolute atomic E-state index is 0.0250. The summed E-state index contributed by atoms with van der Waals surface area (Å²) in [7, 11) is 1.86. The van der Waals surface area contributed by atoms with Gasteiger partial charge in [-0.3, -0.25) is 0 Å². The van der Waals surface area contributed by atoms with Crippen molar-refractivity contribution in [2.24, 2.45) is 7.05 Å². The number of carbonyl (C=O) groups excluding carboxylic acids is 1. The van der Waals surface area contributed by atoms with Crippen LogP contribution in [-0.4, -0.2) is 47.0 Å². The number of benzene rings is 1. The molecule has 1 amide bonds. The van der Waals surface area contributed by atoms with E-state index in [1.807, 2.05) is 37.1 Å². The van der Waals surface area contributed by atoms with Crippen molar-refractivity contribution in [2.45, 2.75) is 107 Å². The van der Waals surface area contributed by atoms with Gasteiger partial charge in [0.15, 0.2) is 5.82 Å². The summed E-state index contributed by atoms with van der Waals surface area (Å²) in [5, 5.41) is 20.5. The molecular formula is C29H36F3N7O3. The zero-order chi connectivity index (χ0) is 29.9. The predicted octanol–water partition coefficient (Wildman–Crippen LogP) is 5.60. The lowest BCUT2D eigenvalue weighted by molar-refractivity contribution is -0.214. The molecule has 7 rings (SSSR count). The highest BCUT2D eigenvalue weighted by molar-refractivity contribution is 5.69. The second-order valence-electron chi connectivity index (χ2n) is 13.2. The van der Waals surface area contributed by atoms with E-state index in [0.29, 0.717) is 5.82 Å². The molecule has 42 heavy (non-hydrogen) atoms. The van der Waals surface area contributed by atoms with Gasteiger partial charge in [-0.05, 0) is 83.9 Å². The Hall–Kier alpha value is -3.64. The number of nitrogens with zero attached hydrogens (tertiary/aromatic N) is 6. The van der Waals surface area contributed by atoms with Crippen LogP contribution in [0.25, 0.3) is 0 Å². The van der Waals surface area contributed by atoms with Gasteiger partial charge >= 0.3 is 12.3 Å². The fourth-order valence-corrected chi connectivity index (χ4v) is 6.67. The van der Waals surface area contributed by atoms with Gasteiger partial charge in [-0.15, -0.1) is 15.3 Å². The number of rotatable bonds is 7. The third kappa shape index (κ3) is 5.45. The van der Waals surface area contributed by atoms with Gasteiger partial charge < -0.3 is 19.4 Å². The van der Waals surface area contributed by atoms with Crippen LogP contribution in [-0.2, 0) is 30.0 Å². The Morgan fingerprint density at radius 3 is 2.45 bits per heavy atom. The largest absolute Gasteiger partial charge is 0.486 e. The molecule has 0 radical (unpaired) electrons. The van der Waals surface area contributed by atoms with Crippen LogP contribution in [0.1, 0.15) is 101 Å². The standard InChI is InChI=1S/C29H36F3N7O3/c1-26(2,3)33-25(40)42-28-15-27(16-28,17-28)22-13-39(37-34-22)20-10-8-18(9-11-20)24-36-35-23(38(24)4)14-41-21-7-5-6-19(12-21)29(30,31)32/h5-7,12-13,18,20H,8-11,14-17H2,1-4H3,(H,33,40). The predicted molar refractivity (Wildman–Crippen MR) is 145 cm³/mol. The van der Waals surface area contributed by atoms with E-state index in [2.05, 4.69) is 32.0 Å². The quantitative estimate of drug-likeness (QED) is 0.383. The summed E-state index contributed by atoms with van der Waals surface area (Å²) in [6.07, 6.45) is 3.29. The average molecular weight is 588 g/mol. The number of nitrogens with one attached hydrogen (secondary N) is 1. The molecule has 0 atom stereocenters. The van der Waals surface area contributed by atoms with Crippen molar-refractivity contribution in [1.82, 2.24) is 35.1 Å². The Kier molecular flexibility index (Phi) is 6.76. The third-order valence-electron chi connectivity index (χ3n) is 8.79. The maximum Gasteiger partial charge on any atom is 0.416 e. The summed E-state index contributed by atoms with van der Waals surface area (Å²) >= 11 is 0. The lowest BCUT2D eigenvalue weighted by Gasteiger charge is -2.67. The second-order valence-corrected chi connectivity index (χ2v) is 13.2. The van der Waals surface area contributed by atoms with Gasteiger partial charge in [-0.2, -0.15) is 13.2 Å². The Morgan fingerprint density at radius 2 is 1.79 bits per heavy atom. The Labute approximate surface area is 242 Å². The molecule has 2 bridgehead atoms. The van der Waals surface area contributed by atoms with Crippen molar-refractivity contribution >= 4 is 6.09 Å². The van der Waals surface area contributed by atoms with Crippen molar-refractivity contribution in [3.63, 3.8) is 0 Å². The first kappa shape index (κ1) is 28.5. The van der Waals surface area contributed by atoms with Crippen LogP contribution in [0.3, 0.4) is 0 Å². The maximum absolute atomic E-state index is 13.0. The van der Waals surface area contributed by atoms with E-state index < -0.39 is 11.7 Å². The topological polar surface area (TPSA) is 109 Å². The third-order valence-corrected chi connectivity index (χ3v) is 8.79. The van der Waals surface area contributed by atoms with Crippen LogP contribution in [0.4, 0.5) is 18.0 Å². The zero-order valence-corrected chi connectivity index (χ0v) is 24.2. The number of hydrogen-bond donors (Lipinski definition) is 1. The van der Waals surface area contributed by atoms with Gasteiger partial charge in [0, 0.05) is 30.1 Å². The summed E-state index contributed by atoms with van der Waals surface area (Å²) in [5.41, 5.74) is -0.519. The summed E-state index contributed by atoms with van der Waals surface area (Å²) in [6, 6.07) is 5.07. The molecular weight excluding hydrogens is 551 g/mol. The molecule has 10 nitrogen and oxygen atoms in total. The van der Waals surface area contributed by atoms with E-state index in [1.54, 1.807) is 0 Å². The van der Waals surface area contributed by atoms with Gasteiger partial charge in [0.25, 0.3) is 0 Å². The maximum atomic E-state index is 13.0. The molecule has 4 aliphatic carbocycles. The van der Waals surface area contributed by atoms with E-state index in [4.69, 9.17) is 9.47 Å². The van der Waals surface area contributed by atoms with Crippen molar-refractivity contribution in [3.8, 4) is 5.75 Å². The average Bonchev–Trinajstić information content (AvgIpc) is 3.50. The second kappa shape index (κ2) is 9.98. The molecule has 4 aliphatic rings. The fraction of sp³-hybridized carbons (Fsp3) is 0.621. The highest BCUT2D eigenvalue weighted by atomic mass is 19.4. The van der Waals surface area contributed by atoms with Gasteiger partial charge in [-0.25, -0.2) is 9.48 Å². The molecule has 2 heterocycles. The molecule has 226 valence electrons. The number of alkyl carbamates (subject to hydrolysis) is 1. The van der Waals surface area contributed by atoms with E-state index in [0.717, 1.165) is 68.6 Å². The molecule has 13 heteroatoms. The summed E-state index contributed by atoms with van der Waals surface area (Å²) < 4.78 is 54.2. The molecule has 4 fully saturated rings. The van der Waals surface area contributed by atoms with Crippen molar-refractivity contribution in [2.75, 3.05) is 0 Å².